The number of nitrogens with one attached hydrogen (secondary N) is 3. The minimum atomic E-state index is -0.875. The van der Waals surface area contributed by atoms with E-state index in [9.17, 15) is 18.0 Å². The largest absolute Gasteiger partial charge is 0.484 e. The molecule has 2 aliphatic heterocycles. The molecule has 0 radical (unpaired) electrons. The molecule has 2 fully saturated rings. The molecule has 38 heavy (non-hydrogen) atoms. The molecule has 3 heterocycles. The SMILES string of the molecule is CC(=O)N1CCCC(Oc2c(F)cc(Nc3ncc(F)c(NC4CC(C)(C)NC(C)(C)C4)n3)cc2F)CC1. The molecule has 0 spiro atoms. The predicted octanol–water partition coefficient (Wildman–Crippen LogP) is 5.14. The molecule has 3 N–H and O–H groups in total. The molecule has 1 atom stereocenters. The maximum absolute atomic E-state index is 14.9. The number of likely N-dealkylation sites (tertiary alicyclic amines) is 1. The van der Waals surface area contributed by atoms with Crippen molar-refractivity contribution in [1.29, 1.82) is 0 Å². The summed E-state index contributed by atoms with van der Waals surface area (Å²) >= 11 is 0. The van der Waals surface area contributed by atoms with Crippen molar-refractivity contribution in [3.63, 3.8) is 0 Å². The van der Waals surface area contributed by atoms with Crippen LogP contribution in [-0.2, 0) is 4.79 Å². The lowest BCUT2D eigenvalue weighted by molar-refractivity contribution is -0.128. The Bertz CT molecular complexity index is 1140. The Balaban J connectivity index is 1.44. The number of benzene rings is 1. The maximum Gasteiger partial charge on any atom is 0.229 e. The van der Waals surface area contributed by atoms with Crippen molar-refractivity contribution in [1.82, 2.24) is 20.2 Å². The third-order valence-electron chi connectivity index (χ3n) is 6.93. The number of piperidine rings is 1. The first-order valence-corrected chi connectivity index (χ1v) is 13.1. The molecule has 1 amide bonds. The van der Waals surface area contributed by atoms with Gasteiger partial charge in [-0.1, -0.05) is 0 Å². The smallest absolute Gasteiger partial charge is 0.229 e. The van der Waals surface area contributed by atoms with Gasteiger partial charge < -0.3 is 25.6 Å². The van der Waals surface area contributed by atoms with E-state index in [4.69, 9.17) is 4.74 Å². The van der Waals surface area contributed by atoms with Crippen molar-refractivity contribution < 1.29 is 22.7 Å². The van der Waals surface area contributed by atoms with E-state index in [1.807, 2.05) is 0 Å². The number of carbonyl (C=O) groups is 1. The Kier molecular flexibility index (Phi) is 8.06. The summed E-state index contributed by atoms with van der Waals surface area (Å²) in [5.41, 5.74) is -0.226. The summed E-state index contributed by atoms with van der Waals surface area (Å²) in [5.74, 6) is -2.83. The summed E-state index contributed by atoms with van der Waals surface area (Å²) in [5, 5.41) is 9.52. The molecule has 2 aliphatic rings. The van der Waals surface area contributed by atoms with Crippen LogP contribution >= 0.6 is 0 Å². The molecule has 0 aliphatic carbocycles. The van der Waals surface area contributed by atoms with E-state index in [1.54, 1.807) is 4.90 Å². The number of ether oxygens (including phenoxy) is 1. The van der Waals surface area contributed by atoms with Crippen LogP contribution in [0.4, 0.5) is 30.6 Å². The first kappa shape index (κ1) is 27.9. The van der Waals surface area contributed by atoms with Crippen molar-refractivity contribution in [2.75, 3.05) is 23.7 Å². The van der Waals surface area contributed by atoms with E-state index in [0.29, 0.717) is 32.4 Å². The molecular formula is C27H37F3N6O2. The number of amides is 1. The fourth-order valence-electron chi connectivity index (χ4n) is 5.69. The fraction of sp³-hybridized carbons (Fsp3) is 0.593. The molecule has 11 heteroatoms. The second-order valence-electron chi connectivity index (χ2n) is 11.6. The molecule has 1 aromatic carbocycles. The Morgan fingerprint density at radius 1 is 1.05 bits per heavy atom. The van der Waals surface area contributed by atoms with Gasteiger partial charge in [0.25, 0.3) is 0 Å². The van der Waals surface area contributed by atoms with Crippen LogP contribution in [0.25, 0.3) is 0 Å². The Labute approximate surface area is 221 Å². The zero-order valence-corrected chi connectivity index (χ0v) is 22.6. The highest BCUT2D eigenvalue weighted by Gasteiger charge is 2.38. The quantitative estimate of drug-likeness (QED) is 0.473. The monoisotopic (exact) mass is 534 g/mol. The minimum Gasteiger partial charge on any atom is -0.484 e. The molecule has 0 saturated carbocycles. The van der Waals surface area contributed by atoms with Crippen molar-refractivity contribution in [3.8, 4) is 5.75 Å². The van der Waals surface area contributed by atoms with Crippen LogP contribution in [0, 0.1) is 17.5 Å². The molecule has 208 valence electrons. The number of aromatic nitrogens is 2. The van der Waals surface area contributed by atoms with Gasteiger partial charge >= 0.3 is 0 Å². The van der Waals surface area contributed by atoms with Crippen LogP contribution < -0.4 is 20.7 Å². The summed E-state index contributed by atoms with van der Waals surface area (Å²) in [6.45, 7) is 11.0. The molecule has 0 bridgehead atoms. The average Bonchev–Trinajstić information content (AvgIpc) is 3.02. The van der Waals surface area contributed by atoms with Gasteiger partial charge in [-0.2, -0.15) is 4.98 Å². The van der Waals surface area contributed by atoms with Gasteiger partial charge in [-0.15, -0.1) is 0 Å². The average molecular weight is 535 g/mol. The summed E-state index contributed by atoms with van der Waals surface area (Å²) in [4.78, 5) is 21.5. The van der Waals surface area contributed by atoms with E-state index in [-0.39, 0.29) is 40.5 Å². The van der Waals surface area contributed by atoms with Crippen molar-refractivity contribution >= 4 is 23.4 Å². The molecule has 1 aromatic heterocycles. The summed E-state index contributed by atoms with van der Waals surface area (Å²) in [6.07, 6.45) is 3.91. The van der Waals surface area contributed by atoms with Gasteiger partial charge in [0.1, 0.15) is 6.10 Å². The standard InChI is InChI=1S/C27H37F3N6O2/c1-16(37)36-9-6-7-19(8-10-36)38-23-20(28)11-17(12-21(23)29)33-25-31-15-22(30)24(34-25)32-18-13-26(2,3)35-27(4,5)14-18/h11-12,15,18-19,35H,6-10,13-14H2,1-5H3,(H2,31,32,33,34). The van der Waals surface area contributed by atoms with Gasteiger partial charge in [-0.05, 0) is 53.4 Å². The van der Waals surface area contributed by atoms with Gasteiger partial charge in [0.2, 0.25) is 11.9 Å². The number of nitrogens with zero attached hydrogens (tertiary/aromatic N) is 3. The van der Waals surface area contributed by atoms with E-state index < -0.39 is 29.3 Å². The normalized spacial score (nSPS) is 21.5. The van der Waals surface area contributed by atoms with Gasteiger partial charge in [-0.3, -0.25) is 4.79 Å². The van der Waals surface area contributed by atoms with E-state index in [1.165, 1.54) is 6.92 Å². The number of rotatable bonds is 6. The van der Waals surface area contributed by atoms with Gasteiger partial charge in [-0.25, -0.2) is 18.2 Å². The van der Waals surface area contributed by atoms with Gasteiger partial charge in [0, 0.05) is 61.4 Å². The number of anilines is 3. The number of hydrogen-bond acceptors (Lipinski definition) is 7. The third kappa shape index (κ3) is 7.06. The third-order valence-corrected chi connectivity index (χ3v) is 6.93. The van der Waals surface area contributed by atoms with Crippen molar-refractivity contribution in [2.24, 2.45) is 0 Å². The van der Waals surface area contributed by atoms with E-state index in [2.05, 4.69) is 53.6 Å². The zero-order valence-electron chi connectivity index (χ0n) is 22.6. The van der Waals surface area contributed by atoms with Gasteiger partial charge in [0.15, 0.2) is 29.0 Å². The molecule has 2 aromatic rings. The zero-order chi connectivity index (χ0) is 27.7. The molecule has 4 rings (SSSR count). The fourth-order valence-corrected chi connectivity index (χ4v) is 5.69. The van der Waals surface area contributed by atoms with Crippen LogP contribution in [0.2, 0.25) is 0 Å². The summed E-state index contributed by atoms with van der Waals surface area (Å²) in [6, 6.07) is 2.15. The first-order valence-electron chi connectivity index (χ1n) is 13.1. The maximum atomic E-state index is 14.9. The van der Waals surface area contributed by atoms with Crippen LogP contribution in [0.1, 0.15) is 66.7 Å². The molecule has 8 nitrogen and oxygen atoms in total. The number of hydrogen-bond donors (Lipinski definition) is 3. The highest BCUT2D eigenvalue weighted by molar-refractivity contribution is 5.73. The topological polar surface area (TPSA) is 91.4 Å². The molecular weight excluding hydrogens is 497 g/mol. The second kappa shape index (κ2) is 11.0. The second-order valence-corrected chi connectivity index (χ2v) is 11.6. The summed E-state index contributed by atoms with van der Waals surface area (Å²) < 4.78 is 50.0. The van der Waals surface area contributed by atoms with Crippen LogP contribution in [0.15, 0.2) is 18.3 Å². The Hall–Kier alpha value is -3.08. The van der Waals surface area contributed by atoms with Crippen LogP contribution in [0.3, 0.4) is 0 Å². The van der Waals surface area contributed by atoms with Crippen LogP contribution in [-0.4, -0.2) is 57.1 Å². The van der Waals surface area contributed by atoms with Gasteiger partial charge in [0.05, 0.1) is 6.20 Å². The lowest BCUT2D eigenvalue weighted by Crippen LogP contribution is -2.60. The lowest BCUT2D eigenvalue weighted by atomic mass is 9.79. The minimum absolute atomic E-state index is 0.00177. The highest BCUT2D eigenvalue weighted by Crippen LogP contribution is 2.32. The predicted molar refractivity (Wildman–Crippen MR) is 140 cm³/mol. The first-order chi connectivity index (χ1) is 17.8. The van der Waals surface area contributed by atoms with Crippen molar-refractivity contribution in [3.05, 3.63) is 35.8 Å². The summed E-state index contributed by atoms with van der Waals surface area (Å²) in [7, 11) is 0. The molecule has 2 saturated heterocycles. The number of carbonyl (C=O) groups excluding carboxylic acids is 1. The Morgan fingerprint density at radius 2 is 1.71 bits per heavy atom. The van der Waals surface area contributed by atoms with E-state index in [0.717, 1.165) is 31.2 Å². The highest BCUT2D eigenvalue weighted by atomic mass is 19.1. The molecule has 1 unspecified atom stereocenters. The lowest BCUT2D eigenvalue weighted by Gasteiger charge is -2.46. The van der Waals surface area contributed by atoms with E-state index >= 15 is 0 Å². The van der Waals surface area contributed by atoms with Crippen molar-refractivity contribution in [2.45, 2.75) is 89.9 Å². The number of halogens is 3. The Morgan fingerprint density at radius 3 is 2.34 bits per heavy atom. The van der Waals surface area contributed by atoms with Crippen LogP contribution in [0.5, 0.6) is 5.75 Å².